The molecule has 0 spiro atoms. The number of amides is 1. The van der Waals surface area contributed by atoms with Crippen LogP contribution < -0.4 is 4.90 Å². The average molecular weight is 305 g/mol. The number of rotatable bonds is 3. The molecule has 1 aliphatic heterocycles. The Labute approximate surface area is 126 Å². The van der Waals surface area contributed by atoms with Crippen LogP contribution in [0.25, 0.3) is 0 Å². The minimum absolute atomic E-state index is 0.00623. The number of halogens is 1. The Morgan fingerprint density at radius 1 is 1.38 bits per heavy atom. The fraction of sp³-hybridized carbons (Fsp3) is 0.200. The van der Waals surface area contributed by atoms with Crippen molar-refractivity contribution in [3.63, 3.8) is 0 Å². The van der Waals surface area contributed by atoms with Gasteiger partial charge in [-0.1, -0.05) is 29.8 Å². The summed E-state index contributed by atoms with van der Waals surface area (Å²) in [4.78, 5) is 28.0. The Balaban J connectivity index is 1.94. The molecule has 2 aromatic rings. The molecule has 0 bridgehead atoms. The van der Waals surface area contributed by atoms with Gasteiger partial charge in [0.25, 0.3) is 5.91 Å². The van der Waals surface area contributed by atoms with Gasteiger partial charge in [0.05, 0.1) is 11.4 Å². The number of carbonyl (C=O) groups is 2. The van der Waals surface area contributed by atoms with Crippen LogP contribution in [0.15, 0.2) is 36.5 Å². The number of hydrogen-bond donors (Lipinski definition) is 2. The van der Waals surface area contributed by atoms with Crippen molar-refractivity contribution in [2.24, 2.45) is 0 Å². The highest BCUT2D eigenvalue weighted by Gasteiger charge is 2.34. The highest BCUT2D eigenvalue weighted by atomic mass is 35.5. The largest absolute Gasteiger partial charge is 0.481 e. The first-order valence-corrected chi connectivity index (χ1v) is 6.90. The summed E-state index contributed by atoms with van der Waals surface area (Å²) in [6.45, 7) is 0.362. The average Bonchev–Trinajstić information content (AvgIpc) is 3.03. The van der Waals surface area contributed by atoms with E-state index >= 15 is 0 Å². The second-order valence-corrected chi connectivity index (χ2v) is 5.44. The Hall–Kier alpha value is -2.27. The molecule has 1 atom stereocenters. The molecule has 5 nitrogen and oxygen atoms in total. The Bertz CT molecular complexity index is 710. The Morgan fingerprint density at radius 3 is 2.81 bits per heavy atom. The number of aliphatic carboxylic acids is 1. The van der Waals surface area contributed by atoms with Crippen LogP contribution in [0.4, 0.5) is 5.69 Å². The molecule has 1 aliphatic rings. The normalized spacial score (nSPS) is 16.8. The fourth-order valence-corrected chi connectivity index (χ4v) is 2.87. The van der Waals surface area contributed by atoms with Crippen molar-refractivity contribution in [2.75, 3.05) is 11.4 Å². The van der Waals surface area contributed by atoms with Gasteiger partial charge in [0, 0.05) is 24.3 Å². The van der Waals surface area contributed by atoms with Crippen molar-refractivity contribution in [1.82, 2.24) is 4.98 Å². The third-order valence-corrected chi connectivity index (χ3v) is 3.83. The molecule has 108 valence electrons. The summed E-state index contributed by atoms with van der Waals surface area (Å²) in [5.41, 5.74) is 2.05. The van der Waals surface area contributed by atoms with E-state index in [9.17, 15) is 9.59 Å². The fourth-order valence-electron chi connectivity index (χ4n) is 2.71. The lowest BCUT2D eigenvalue weighted by atomic mass is 9.98. The van der Waals surface area contributed by atoms with Crippen LogP contribution >= 0.6 is 11.6 Å². The predicted octanol–water partition coefficient (Wildman–Crippen LogP) is 2.89. The number of nitrogens with zero attached hydrogens (tertiary/aromatic N) is 1. The molecular weight excluding hydrogens is 292 g/mol. The molecule has 3 rings (SSSR count). The van der Waals surface area contributed by atoms with Gasteiger partial charge in [-0.3, -0.25) is 9.59 Å². The van der Waals surface area contributed by atoms with Crippen molar-refractivity contribution >= 4 is 29.2 Å². The molecule has 1 aromatic carbocycles. The summed E-state index contributed by atoms with van der Waals surface area (Å²) < 4.78 is 0. The summed E-state index contributed by atoms with van der Waals surface area (Å²) >= 11 is 5.83. The number of aromatic nitrogens is 1. The molecule has 0 radical (unpaired) electrons. The highest BCUT2D eigenvalue weighted by Crippen LogP contribution is 2.38. The number of carbonyl (C=O) groups excluding carboxylic acids is 1. The van der Waals surface area contributed by atoms with E-state index in [1.54, 1.807) is 17.2 Å². The molecule has 1 amide bonds. The van der Waals surface area contributed by atoms with E-state index < -0.39 is 5.97 Å². The maximum absolute atomic E-state index is 12.5. The SMILES string of the molecule is O=C(O)CC1CN(C(=O)c2cc(Cl)c[nH]2)c2ccccc21. The number of hydrogen-bond acceptors (Lipinski definition) is 2. The third-order valence-electron chi connectivity index (χ3n) is 3.61. The van der Waals surface area contributed by atoms with E-state index in [1.165, 1.54) is 0 Å². The molecule has 1 unspecified atom stereocenters. The molecule has 21 heavy (non-hydrogen) atoms. The van der Waals surface area contributed by atoms with Gasteiger partial charge in [0.2, 0.25) is 0 Å². The van der Waals surface area contributed by atoms with Gasteiger partial charge in [0.1, 0.15) is 5.69 Å². The second-order valence-electron chi connectivity index (χ2n) is 5.00. The summed E-state index contributed by atoms with van der Waals surface area (Å²) in [5.74, 6) is -1.26. The van der Waals surface area contributed by atoms with Crippen LogP contribution in [0.5, 0.6) is 0 Å². The van der Waals surface area contributed by atoms with Crippen molar-refractivity contribution in [2.45, 2.75) is 12.3 Å². The first-order valence-electron chi connectivity index (χ1n) is 6.53. The third kappa shape index (κ3) is 2.52. The van der Waals surface area contributed by atoms with Crippen LogP contribution in [-0.4, -0.2) is 28.5 Å². The summed E-state index contributed by atoms with van der Waals surface area (Å²) in [5, 5.41) is 9.48. The summed E-state index contributed by atoms with van der Waals surface area (Å²) in [7, 11) is 0. The van der Waals surface area contributed by atoms with E-state index in [1.807, 2.05) is 24.3 Å². The number of benzene rings is 1. The van der Waals surface area contributed by atoms with Crippen molar-refractivity contribution < 1.29 is 14.7 Å². The lowest BCUT2D eigenvalue weighted by Gasteiger charge is -2.16. The molecule has 0 saturated carbocycles. The Kier molecular flexibility index (Phi) is 3.43. The van der Waals surface area contributed by atoms with Gasteiger partial charge in [-0.15, -0.1) is 0 Å². The lowest BCUT2D eigenvalue weighted by Crippen LogP contribution is -2.30. The number of anilines is 1. The number of H-pyrrole nitrogens is 1. The first kappa shape index (κ1) is 13.7. The second kappa shape index (κ2) is 5.26. The van der Waals surface area contributed by atoms with Crippen molar-refractivity contribution in [3.05, 3.63) is 52.8 Å². The van der Waals surface area contributed by atoms with Crippen molar-refractivity contribution in [3.8, 4) is 0 Å². The van der Waals surface area contributed by atoms with Crippen molar-refractivity contribution in [1.29, 1.82) is 0 Å². The standard InChI is InChI=1S/C15H13ClN2O3/c16-10-6-12(17-7-10)15(21)18-8-9(5-14(19)20)11-3-1-2-4-13(11)18/h1-4,6-7,9,17H,5,8H2,(H,19,20). The van der Waals surface area contributed by atoms with E-state index in [-0.39, 0.29) is 18.2 Å². The molecule has 2 N–H and O–H groups in total. The molecule has 1 aromatic heterocycles. The quantitative estimate of drug-likeness (QED) is 0.915. The minimum atomic E-state index is -0.868. The monoisotopic (exact) mass is 304 g/mol. The maximum Gasteiger partial charge on any atom is 0.304 e. The van der Waals surface area contributed by atoms with E-state index in [0.717, 1.165) is 11.3 Å². The number of nitrogens with one attached hydrogen (secondary N) is 1. The van der Waals surface area contributed by atoms with Gasteiger partial charge in [0.15, 0.2) is 0 Å². The molecule has 2 heterocycles. The van der Waals surface area contributed by atoms with Gasteiger partial charge in [-0.25, -0.2) is 0 Å². The number of carboxylic acids is 1. The number of para-hydroxylation sites is 1. The maximum atomic E-state index is 12.5. The van der Waals surface area contributed by atoms with Crippen LogP contribution in [0.1, 0.15) is 28.4 Å². The topological polar surface area (TPSA) is 73.4 Å². The first-order chi connectivity index (χ1) is 10.1. The van der Waals surface area contributed by atoms with Crippen LogP contribution in [0.3, 0.4) is 0 Å². The highest BCUT2D eigenvalue weighted by molar-refractivity contribution is 6.31. The van der Waals surface area contributed by atoms with Gasteiger partial charge in [-0.05, 0) is 17.7 Å². The molecule has 0 fully saturated rings. The molecule has 0 saturated heterocycles. The number of aromatic amines is 1. The van der Waals surface area contributed by atoms with E-state index in [2.05, 4.69) is 4.98 Å². The summed E-state index contributed by atoms with van der Waals surface area (Å²) in [6, 6.07) is 8.96. The Morgan fingerprint density at radius 2 is 2.14 bits per heavy atom. The van der Waals surface area contributed by atoms with E-state index in [0.29, 0.717) is 17.3 Å². The zero-order chi connectivity index (χ0) is 15.0. The molecule has 0 aliphatic carbocycles. The van der Waals surface area contributed by atoms with Gasteiger partial charge >= 0.3 is 5.97 Å². The van der Waals surface area contributed by atoms with Crippen LogP contribution in [0, 0.1) is 0 Å². The van der Waals surface area contributed by atoms with Crippen LogP contribution in [-0.2, 0) is 4.79 Å². The number of fused-ring (bicyclic) bond motifs is 1. The van der Waals surface area contributed by atoms with Crippen LogP contribution in [0.2, 0.25) is 5.02 Å². The number of carboxylic acid groups (broad SMARTS) is 1. The smallest absolute Gasteiger partial charge is 0.304 e. The van der Waals surface area contributed by atoms with Gasteiger partial charge < -0.3 is 15.0 Å². The summed E-state index contributed by atoms with van der Waals surface area (Å²) in [6.07, 6.45) is 1.55. The minimum Gasteiger partial charge on any atom is -0.481 e. The zero-order valence-corrected chi connectivity index (χ0v) is 11.8. The van der Waals surface area contributed by atoms with Gasteiger partial charge in [-0.2, -0.15) is 0 Å². The van der Waals surface area contributed by atoms with E-state index in [4.69, 9.17) is 16.7 Å². The predicted molar refractivity (Wildman–Crippen MR) is 78.9 cm³/mol. The lowest BCUT2D eigenvalue weighted by molar-refractivity contribution is -0.137. The zero-order valence-electron chi connectivity index (χ0n) is 11.0. The molecular formula is C15H13ClN2O3. The molecule has 6 heteroatoms.